The molecule has 3 heteroatoms. The number of nitrogens with one attached hydrogen (secondary N) is 1. The van der Waals surface area contributed by atoms with Crippen LogP contribution in [0.5, 0.6) is 0 Å². The lowest BCUT2D eigenvalue weighted by molar-refractivity contribution is -0.116. The zero-order valence-corrected chi connectivity index (χ0v) is 9.83. The number of carbonyl (C=O) groups excluding carboxylic acids is 1. The maximum atomic E-state index is 11.2. The summed E-state index contributed by atoms with van der Waals surface area (Å²) >= 11 is 0. The van der Waals surface area contributed by atoms with Crippen LogP contribution in [-0.2, 0) is 17.6 Å². The van der Waals surface area contributed by atoms with E-state index in [2.05, 4.69) is 23.5 Å². The predicted octanol–water partition coefficient (Wildman–Crippen LogP) is 2.81. The van der Waals surface area contributed by atoms with E-state index in [0.717, 1.165) is 31.4 Å². The number of rotatable bonds is 4. The van der Waals surface area contributed by atoms with Crippen molar-refractivity contribution in [2.45, 2.75) is 38.5 Å². The van der Waals surface area contributed by atoms with Gasteiger partial charge in [-0.25, -0.2) is 0 Å². The lowest BCUT2D eigenvalue weighted by Gasteiger charge is -2.17. The maximum absolute atomic E-state index is 11.2. The van der Waals surface area contributed by atoms with Crippen LogP contribution < -0.4 is 5.32 Å². The highest BCUT2D eigenvalue weighted by molar-refractivity contribution is 5.93. The number of nitriles is 1. The van der Waals surface area contributed by atoms with Crippen LogP contribution in [0.15, 0.2) is 18.2 Å². The van der Waals surface area contributed by atoms with E-state index >= 15 is 0 Å². The third-order valence-corrected chi connectivity index (χ3v) is 3.07. The Morgan fingerprint density at radius 3 is 3.00 bits per heavy atom. The van der Waals surface area contributed by atoms with E-state index in [-0.39, 0.29) is 5.91 Å². The normalized spacial score (nSPS) is 13.7. The summed E-state index contributed by atoms with van der Waals surface area (Å²) in [7, 11) is 0. The Balaban J connectivity index is 1.97. The largest absolute Gasteiger partial charge is 0.326 e. The van der Waals surface area contributed by atoms with E-state index in [1.54, 1.807) is 0 Å². The van der Waals surface area contributed by atoms with Gasteiger partial charge in [0.1, 0.15) is 0 Å². The molecule has 0 saturated heterocycles. The van der Waals surface area contributed by atoms with E-state index in [9.17, 15) is 4.79 Å². The summed E-state index contributed by atoms with van der Waals surface area (Å²) in [4.78, 5) is 11.2. The van der Waals surface area contributed by atoms with Gasteiger partial charge in [0, 0.05) is 18.5 Å². The van der Waals surface area contributed by atoms with Gasteiger partial charge in [0.25, 0.3) is 0 Å². The minimum atomic E-state index is 0.110. The molecule has 0 bridgehead atoms. The molecule has 1 aliphatic rings. The lowest BCUT2D eigenvalue weighted by Crippen LogP contribution is -2.18. The van der Waals surface area contributed by atoms with Crippen molar-refractivity contribution in [3.05, 3.63) is 29.3 Å². The van der Waals surface area contributed by atoms with E-state index < -0.39 is 0 Å². The minimum Gasteiger partial charge on any atom is -0.326 e. The van der Waals surface area contributed by atoms with Crippen molar-refractivity contribution >= 4 is 11.6 Å². The number of benzene rings is 1. The standard InChI is InChI=1S/C14H16N2O/c15-9-3-1-2-4-11-5-7-13-12(10-11)6-8-14(17)16-13/h5,7,10H,1-4,6,8H2,(H,16,17). The molecule has 0 spiro atoms. The number of anilines is 1. The third kappa shape index (κ3) is 3.07. The molecule has 0 radical (unpaired) electrons. The zero-order valence-electron chi connectivity index (χ0n) is 9.83. The number of carbonyl (C=O) groups is 1. The molecule has 0 saturated carbocycles. The maximum Gasteiger partial charge on any atom is 0.224 e. The average Bonchev–Trinajstić information content (AvgIpc) is 2.35. The van der Waals surface area contributed by atoms with Gasteiger partial charge in [-0.05, 0) is 42.9 Å². The second kappa shape index (κ2) is 5.49. The molecular weight excluding hydrogens is 212 g/mol. The van der Waals surface area contributed by atoms with Gasteiger partial charge in [-0.15, -0.1) is 0 Å². The fraction of sp³-hybridized carbons (Fsp3) is 0.429. The van der Waals surface area contributed by atoms with E-state index in [4.69, 9.17) is 5.26 Å². The van der Waals surface area contributed by atoms with Crippen LogP contribution in [0.4, 0.5) is 5.69 Å². The molecule has 3 nitrogen and oxygen atoms in total. The van der Waals surface area contributed by atoms with Gasteiger partial charge in [0.05, 0.1) is 6.07 Å². The Hall–Kier alpha value is -1.82. The number of amides is 1. The second-order valence-corrected chi connectivity index (χ2v) is 4.40. The van der Waals surface area contributed by atoms with Crippen molar-refractivity contribution in [2.75, 3.05) is 5.32 Å². The molecular formula is C14H16N2O. The van der Waals surface area contributed by atoms with Crippen molar-refractivity contribution < 1.29 is 4.79 Å². The Morgan fingerprint density at radius 1 is 1.29 bits per heavy atom. The molecule has 0 atom stereocenters. The molecule has 88 valence electrons. The third-order valence-electron chi connectivity index (χ3n) is 3.07. The van der Waals surface area contributed by atoms with Crippen LogP contribution >= 0.6 is 0 Å². The summed E-state index contributed by atoms with van der Waals surface area (Å²) in [5, 5.41) is 11.3. The van der Waals surface area contributed by atoms with Crippen LogP contribution in [-0.4, -0.2) is 5.91 Å². The summed E-state index contributed by atoms with van der Waals surface area (Å²) in [6.45, 7) is 0. The van der Waals surface area contributed by atoms with Crippen LogP contribution in [0.25, 0.3) is 0 Å². The molecule has 1 amide bonds. The van der Waals surface area contributed by atoms with Gasteiger partial charge in [-0.2, -0.15) is 5.26 Å². The monoisotopic (exact) mass is 228 g/mol. The van der Waals surface area contributed by atoms with Gasteiger partial charge in [0.15, 0.2) is 0 Å². The minimum absolute atomic E-state index is 0.110. The smallest absolute Gasteiger partial charge is 0.224 e. The van der Waals surface area contributed by atoms with Crippen LogP contribution in [0.2, 0.25) is 0 Å². The Labute approximate surface area is 101 Å². The quantitative estimate of drug-likeness (QED) is 0.805. The molecule has 1 heterocycles. The van der Waals surface area contributed by atoms with Gasteiger partial charge in [-0.1, -0.05) is 12.1 Å². The molecule has 1 aliphatic heterocycles. The number of unbranched alkanes of at least 4 members (excludes halogenated alkanes) is 2. The first-order chi connectivity index (χ1) is 8.29. The SMILES string of the molecule is N#CCCCCc1ccc2c(c1)CCC(=O)N2. The highest BCUT2D eigenvalue weighted by atomic mass is 16.1. The highest BCUT2D eigenvalue weighted by Gasteiger charge is 2.14. The van der Waals surface area contributed by atoms with Gasteiger partial charge in [0.2, 0.25) is 5.91 Å². The van der Waals surface area contributed by atoms with Crippen LogP contribution in [0.1, 0.15) is 36.8 Å². The van der Waals surface area contributed by atoms with Gasteiger partial charge in [-0.3, -0.25) is 4.79 Å². The van der Waals surface area contributed by atoms with Gasteiger partial charge < -0.3 is 5.32 Å². The van der Waals surface area contributed by atoms with Crippen molar-refractivity contribution in [2.24, 2.45) is 0 Å². The van der Waals surface area contributed by atoms with E-state index in [1.807, 2.05) is 6.07 Å². The number of aryl methyl sites for hydroxylation is 2. The van der Waals surface area contributed by atoms with Gasteiger partial charge >= 0.3 is 0 Å². The number of hydrogen-bond acceptors (Lipinski definition) is 2. The lowest BCUT2D eigenvalue weighted by atomic mass is 9.98. The molecule has 0 fully saturated rings. The molecule has 1 aromatic carbocycles. The molecule has 1 N–H and O–H groups in total. The number of fused-ring (bicyclic) bond motifs is 1. The molecule has 2 rings (SSSR count). The molecule has 0 aliphatic carbocycles. The molecule has 17 heavy (non-hydrogen) atoms. The highest BCUT2D eigenvalue weighted by Crippen LogP contribution is 2.24. The van der Waals surface area contributed by atoms with E-state index in [1.165, 1.54) is 11.1 Å². The number of hydrogen-bond donors (Lipinski definition) is 1. The fourth-order valence-electron chi connectivity index (χ4n) is 2.13. The van der Waals surface area contributed by atoms with Crippen LogP contribution in [0.3, 0.4) is 0 Å². The molecule has 0 aromatic heterocycles. The van der Waals surface area contributed by atoms with Crippen molar-refractivity contribution in [1.29, 1.82) is 5.26 Å². The first-order valence-corrected chi connectivity index (χ1v) is 6.08. The topological polar surface area (TPSA) is 52.9 Å². The van der Waals surface area contributed by atoms with Crippen LogP contribution in [0, 0.1) is 11.3 Å². The summed E-state index contributed by atoms with van der Waals surface area (Å²) < 4.78 is 0. The molecule has 1 aromatic rings. The average molecular weight is 228 g/mol. The predicted molar refractivity (Wildman–Crippen MR) is 66.6 cm³/mol. The summed E-state index contributed by atoms with van der Waals surface area (Å²) in [5.74, 6) is 0.110. The van der Waals surface area contributed by atoms with Crippen molar-refractivity contribution in [3.63, 3.8) is 0 Å². The van der Waals surface area contributed by atoms with E-state index in [0.29, 0.717) is 12.8 Å². The first kappa shape index (κ1) is 11.7. The summed E-state index contributed by atoms with van der Waals surface area (Å²) in [6, 6.07) is 8.40. The Kier molecular flexibility index (Phi) is 3.77. The number of nitrogens with zero attached hydrogens (tertiary/aromatic N) is 1. The summed E-state index contributed by atoms with van der Waals surface area (Å²) in [5.41, 5.74) is 3.50. The summed E-state index contributed by atoms with van der Waals surface area (Å²) in [6.07, 6.45) is 5.10. The second-order valence-electron chi connectivity index (χ2n) is 4.40. The first-order valence-electron chi connectivity index (χ1n) is 6.08. The van der Waals surface area contributed by atoms with Crippen molar-refractivity contribution in [3.8, 4) is 6.07 Å². The Bertz CT molecular complexity index is 460. The van der Waals surface area contributed by atoms with Crippen molar-refractivity contribution in [1.82, 2.24) is 0 Å². The molecule has 0 unspecified atom stereocenters. The fourth-order valence-corrected chi connectivity index (χ4v) is 2.13. The Morgan fingerprint density at radius 2 is 2.18 bits per heavy atom. The zero-order chi connectivity index (χ0) is 12.1.